The number of thioether (sulfide) groups is 1. The van der Waals surface area contributed by atoms with Crippen LogP contribution in [0.1, 0.15) is 29.0 Å². The van der Waals surface area contributed by atoms with E-state index in [1.807, 2.05) is 37.3 Å². The number of nitrogens with one attached hydrogen (secondary N) is 1. The van der Waals surface area contributed by atoms with Crippen molar-refractivity contribution in [1.29, 1.82) is 5.26 Å². The number of amides is 1. The van der Waals surface area contributed by atoms with Gasteiger partial charge >= 0.3 is 0 Å². The molecule has 132 valence electrons. The molecule has 1 heterocycles. The summed E-state index contributed by atoms with van der Waals surface area (Å²) in [5, 5.41) is 14.2. The number of hydrogen-bond acceptors (Lipinski definition) is 3. The Hall–Kier alpha value is -1.93. The summed E-state index contributed by atoms with van der Waals surface area (Å²) in [4.78, 5) is 12.2. The highest BCUT2D eigenvalue weighted by Crippen LogP contribution is 2.37. The molecule has 1 N–H and O–H groups in total. The molecule has 1 atom stereocenters. The average Bonchev–Trinajstić information content (AvgIpc) is 2.63. The molecule has 1 amide bonds. The monoisotopic (exact) mass is 402 g/mol. The van der Waals surface area contributed by atoms with E-state index in [1.165, 1.54) is 11.8 Å². The Balaban J connectivity index is 1.87. The van der Waals surface area contributed by atoms with Crippen LogP contribution in [0, 0.1) is 18.3 Å². The third kappa shape index (κ3) is 4.24. The molecule has 6 heteroatoms. The van der Waals surface area contributed by atoms with Gasteiger partial charge in [0.15, 0.2) is 0 Å². The number of carbonyl (C=O) groups excluding carboxylic acids is 1. The highest BCUT2D eigenvalue weighted by atomic mass is 35.5. The summed E-state index contributed by atoms with van der Waals surface area (Å²) in [5.41, 5.74) is 3.69. The smallest absolute Gasteiger partial charge is 0.225 e. The number of hydrogen-bond donors (Lipinski definition) is 1. The third-order valence-electron chi connectivity index (χ3n) is 4.20. The average molecular weight is 403 g/mol. The maximum absolute atomic E-state index is 12.2. The summed E-state index contributed by atoms with van der Waals surface area (Å²) < 4.78 is 0. The van der Waals surface area contributed by atoms with Crippen LogP contribution in [0.2, 0.25) is 10.0 Å². The highest BCUT2D eigenvalue weighted by molar-refractivity contribution is 8.02. The molecule has 3 nitrogen and oxygen atoms in total. The Morgan fingerprint density at radius 1 is 1.19 bits per heavy atom. The number of nitrogens with zero attached hydrogens (tertiary/aromatic N) is 1. The molecule has 1 aliphatic heterocycles. The first-order valence-corrected chi connectivity index (χ1v) is 9.79. The number of nitriles is 1. The first kappa shape index (κ1) is 18.8. The summed E-state index contributed by atoms with van der Waals surface area (Å²) >= 11 is 13.4. The predicted molar refractivity (Wildman–Crippen MR) is 107 cm³/mol. The molecule has 0 radical (unpaired) electrons. The van der Waals surface area contributed by atoms with Crippen molar-refractivity contribution in [2.75, 3.05) is 0 Å². The number of halogens is 2. The number of rotatable bonds is 4. The van der Waals surface area contributed by atoms with E-state index in [0.717, 1.165) is 16.7 Å². The van der Waals surface area contributed by atoms with Crippen LogP contribution in [0.4, 0.5) is 0 Å². The van der Waals surface area contributed by atoms with E-state index in [1.54, 1.807) is 12.1 Å². The number of aryl methyl sites for hydroxylation is 1. The van der Waals surface area contributed by atoms with E-state index in [4.69, 9.17) is 23.2 Å². The van der Waals surface area contributed by atoms with E-state index < -0.39 is 0 Å². The van der Waals surface area contributed by atoms with Crippen molar-refractivity contribution in [2.45, 2.75) is 25.0 Å². The molecular formula is C20H16Cl2N2OS. The van der Waals surface area contributed by atoms with Crippen LogP contribution in [-0.4, -0.2) is 5.91 Å². The zero-order chi connectivity index (χ0) is 18.7. The predicted octanol–water partition coefficient (Wildman–Crippen LogP) is 5.57. The first-order valence-electron chi connectivity index (χ1n) is 8.05. The second-order valence-electron chi connectivity index (χ2n) is 6.11. The molecule has 0 fully saturated rings. The van der Waals surface area contributed by atoms with Crippen LogP contribution in [0.15, 0.2) is 53.1 Å². The van der Waals surface area contributed by atoms with Crippen molar-refractivity contribution in [3.8, 4) is 6.07 Å². The van der Waals surface area contributed by atoms with Crippen LogP contribution < -0.4 is 5.32 Å². The summed E-state index contributed by atoms with van der Waals surface area (Å²) in [6, 6.07) is 15.7. The minimum absolute atomic E-state index is 0.0776. The van der Waals surface area contributed by atoms with E-state index in [0.29, 0.717) is 26.4 Å². The summed E-state index contributed by atoms with van der Waals surface area (Å²) in [6.45, 7) is 2.01. The minimum atomic E-state index is -0.217. The fourth-order valence-electron chi connectivity index (χ4n) is 2.80. The second-order valence-corrected chi connectivity index (χ2v) is 7.91. The van der Waals surface area contributed by atoms with Crippen LogP contribution in [0.25, 0.3) is 0 Å². The lowest BCUT2D eigenvalue weighted by Gasteiger charge is -2.25. The third-order valence-corrected chi connectivity index (χ3v) is 6.03. The van der Waals surface area contributed by atoms with Crippen molar-refractivity contribution < 1.29 is 4.79 Å². The Morgan fingerprint density at radius 3 is 2.58 bits per heavy atom. The molecule has 26 heavy (non-hydrogen) atoms. The zero-order valence-corrected chi connectivity index (χ0v) is 16.4. The maximum Gasteiger partial charge on any atom is 0.225 e. The van der Waals surface area contributed by atoms with Crippen molar-refractivity contribution >= 4 is 40.9 Å². The van der Waals surface area contributed by atoms with Gasteiger partial charge in [0.1, 0.15) is 0 Å². The van der Waals surface area contributed by atoms with Gasteiger partial charge in [-0.2, -0.15) is 5.26 Å². The van der Waals surface area contributed by atoms with Crippen molar-refractivity contribution in [3.05, 3.63) is 79.8 Å². The lowest BCUT2D eigenvalue weighted by Crippen LogP contribution is -2.30. The van der Waals surface area contributed by atoms with Crippen LogP contribution in [-0.2, 0) is 10.5 Å². The van der Waals surface area contributed by atoms with Crippen LogP contribution in [0.5, 0.6) is 0 Å². The van der Waals surface area contributed by atoms with Gasteiger partial charge in [-0.1, -0.05) is 59.1 Å². The molecule has 0 bridgehead atoms. The topological polar surface area (TPSA) is 52.9 Å². The standard InChI is InChI=1S/C20H16Cl2N2OS/c1-12-2-5-14(6-3-12)15-9-19(25)24-20(16(15)10-23)26-11-13-4-7-17(21)18(22)8-13/h2-8,15H,9,11H2,1H3,(H,24,25). The molecule has 0 spiro atoms. The van der Waals surface area contributed by atoms with Crippen molar-refractivity contribution in [2.24, 2.45) is 0 Å². The van der Waals surface area contributed by atoms with Gasteiger partial charge in [0.2, 0.25) is 5.91 Å². The molecule has 0 aliphatic carbocycles. The van der Waals surface area contributed by atoms with Gasteiger partial charge in [0.05, 0.1) is 26.7 Å². The zero-order valence-electron chi connectivity index (χ0n) is 14.1. The Labute approximate surface area is 167 Å². The number of carbonyl (C=O) groups is 1. The van der Waals surface area contributed by atoms with Crippen LogP contribution in [0.3, 0.4) is 0 Å². The number of allylic oxidation sites excluding steroid dienone is 1. The normalized spacial score (nSPS) is 17.0. The Kier molecular flexibility index (Phi) is 5.93. The fourth-order valence-corrected chi connectivity index (χ4v) is 4.14. The second kappa shape index (κ2) is 8.18. The van der Waals surface area contributed by atoms with Gasteiger partial charge in [-0.25, -0.2) is 0 Å². The van der Waals surface area contributed by atoms with E-state index in [-0.39, 0.29) is 18.2 Å². The van der Waals surface area contributed by atoms with Crippen molar-refractivity contribution in [1.82, 2.24) is 5.32 Å². The Bertz CT molecular complexity index is 916. The van der Waals surface area contributed by atoms with Gasteiger partial charge in [-0.05, 0) is 30.2 Å². The van der Waals surface area contributed by atoms with Crippen LogP contribution >= 0.6 is 35.0 Å². The largest absolute Gasteiger partial charge is 0.320 e. The van der Waals surface area contributed by atoms with Gasteiger partial charge in [0, 0.05) is 18.1 Å². The molecule has 2 aromatic carbocycles. The van der Waals surface area contributed by atoms with Crippen molar-refractivity contribution in [3.63, 3.8) is 0 Å². The SMILES string of the molecule is Cc1ccc(C2CC(=O)NC(SCc3ccc(Cl)c(Cl)c3)=C2C#N)cc1. The summed E-state index contributed by atoms with van der Waals surface area (Å²) in [5.74, 6) is 0.287. The summed E-state index contributed by atoms with van der Waals surface area (Å²) in [6.07, 6.45) is 0.281. The van der Waals surface area contributed by atoms with Gasteiger partial charge in [0.25, 0.3) is 0 Å². The lowest BCUT2D eigenvalue weighted by molar-refractivity contribution is -0.120. The first-order chi connectivity index (χ1) is 12.5. The molecule has 1 aliphatic rings. The quantitative estimate of drug-likeness (QED) is 0.726. The Morgan fingerprint density at radius 2 is 1.92 bits per heavy atom. The van der Waals surface area contributed by atoms with E-state index in [2.05, 4.69) is 11.4 Å². The summed E-state index contributed by atoms with van der Waals surface area (Å²) in [7, 11) is 0. The molecule has 3 rings (SSSR count). The van der Waals surface area contributed by atoms with Gasteiger partial charge in [-0.15, -0.1) is 11.8 Å². The van der Waals surface area contributed by atoms with E-state index >= 15 is 0 Å². The molecule has 0 saturated heterocycles. The lowest BCUT2D eigenvalue weighted by atomic mass is 9.87. The minimum Gasteiger partial charge on any atom is -0.320 e. The maximum atomic E-state index is 12.2. The molecule has 2 aromatic rings. The van der Waals surface area contributed by atoms with Gasteiger partial charge in [-0.3, -0.25) is 4.79 Å². The van der Waals surface area contributed by atoms with Gasteiger partial charge < -0.3 is 5.32 Å². The highest BCUT2D eigenvalue weighted by Gasteiger charge is 2.29. The molecular weight excluding hydrogens is 387 g/mol. The molecule has 1 unspecified atom stereocenters. The molecule has 0 saturated carbocycles. The fraction of sp³-hybridized carbons (Fsp3) is 0.200. The molecule has 0 aromatic heterocycles. The number of benzene rings is 2. The van der Waals surface area contributed by atoms with E-state index in [9.17, 15) is 10.1 Å².